The van der Waals surface area contributed by atoms with Crippen LogP contribution in [0.5, 0.6) is 11.5 Å². The molecule has 158 valence electrons. The molecule has 0 saturated heterocycles. The molecule has 2 aromatic rings. The van der Waals surface area contributed by atoms with Crippen molar-refractivity contribution < 1.29 is 28.7 Å². The van der Waals surface area contributed by atoms with Crippen LogP contribution in [-0.4, -0.2) is 44.3 Å². The number of nitrogens with one attached hydrogen (secondary N) is 1. The molecule has 0 spiro atoms. The summed E-state index contributed by atoms with van der Waals surface area (Å²) in [4.78, 5) is 36.7. The fourth-order valence-electron chi connectivity index (χ4n) is 2.95. The van der Waals surface area contributed by atoms with Gasteiger partial charge in [-0.25, -0.2) is 4.79 Å². The zero-order valence-electron chi connectivity index (χ0n) is 16.7. The summed E-state index contributed by atoms with van der Waals surface area (Å²) in [5.74, 6) is -0.0968. The van der Waals surface area contributed by atoms with Gasteiger partial charge < -0.3 is 24.4 Å². The average molecular weight is 415 g/mol. The molecule has 3 rings (SSSR count). The number of nitro benzene ring substituents is 1. The first kappa shape index (κ1) is 20.9. The Morgan fingerprint density at radius 3 is 2.63 bits per heavy atom. The number of benzene rings is 2. The molecule has 30 heavy (non-hydrogen) atoms. The number of nitro groups is 1. The van der Waals surface area contributed by atoms with Crippen LogP contribution in [0.1, 0.15) is 28.9 Å². The second-order valence-electron chi connectivity index (χ2n) is 6.83. The second-order valence-corrected chi connectivity index (χ2v) is 6.83. The van der Waals surface area contributed by atoms with Crippen LogP contribution in [-0.2, 0) is 9.53 Å². The molecule has 0 aromatic heterocycles. The normalized spacial score (nSPS) is 12.8. The van der Waals surface area contributed by atoms with E-state index < -0.39 is 23.4 Å². The molecular weight excluding hydrogens is 394 g/mol. The molecule has 1 aliphatic rings. The summed E-state index contributed by atoms with van der Waals surface area (Å²) in [5.41, 5.74) is 1.01. The van der Waals surface area contributed by atoms with E-state index in [-0.39, 0.29) is 24.1 Å². The van der Waals surface area contributed by atoms with Crippen LogP contribution in [0.25, 0.3) is 0 Å². The molecule has 0 radical (unpaired) electrons. The summed E-state index contributed by atoms with van der Waals surface area (Å²) in [6.45, 7) is 1.41. The summed E-state index contributed by atoms with van der Waals surface area (Å²) in [5, 5.41) is 13.7. The van der Waals surface area contributed by atoms with Crippen molar-refractivity contribution in [2.24, 2.45) is 0 Å². The topological polar surface area (TPSA) is 120 Å². The van der Waals surface area contributed by atoms with Crippen LogP contribution in [0.4, 0.5) is 11.4 Å². The lowest BCUT2D eigenvalue weighted by Crippen LogP contribution is -2.31. The molecule has 1 amide bonds. The number of anilines is 1. The largest absolute Gasteiger partial charge is 0.454 e. The summed E-state index contributed by atoms with van der Waals surface area (Å²) < 4.78 is 15.7. The predicted octanol–water partition coefficient (Wildman–Crippen LogP) is 2.42. The van der Waals surface area contributed by atoms with Crippen molar-refractivity contribution in [2.45, 2.75) is 13.0 Å². The van der Waals surface area contributed by atoms with E-state index in [9.17, 15) is 19.7 Å². The fourth-order valence-corrected chi connectivity index (χ4v) is 2.95. The van der Waals surface area contributed by atoms with E-state index in [2.05, 4.69) is 5.32 Å². The van der Waals surface area contributed by atoms with Crippen LogP contribution in [0.3, 0.4) is 0 Å². The van der Waals surface area contributed by atoms with Crippen molar-refractivity contribution in [3.05, 3.63) is 57.6 Å². The van der Waals surface area contributed by atoms with Crippen molar-refractivity contribution in [1.82, 2.24) is 5.32 Å². The number of carbonyl (C=O) groups excluding carboxylic acids is 2. The van der Waals surface area contributed by atoms with E-state index in [0.29, 0.717) is 17.2 Å². The highest BCUT2D eigenvalue weighted by Gasteiger charge is 2.21. The van der Waals surface area contributed by atoms with Gasteiger partial charge in [0.25, 0.3) is 11.6 Å². The molecule has 2 aromatic carbocycles. The molecule has 1 atom stereocenters. The van der Waals surface area contributed by atoms with Gasteiger partial charge in [0.2, 0.25) is 6.79 Å². The van der Waals surface area contributed by atoms with E-state index >= 15 is 0 Å². The predicted molar refractivity (Wildman–Crippen MR) is 107 cm³/mol. The van der Waals surface area contributed by atoms with Gasteiger partial charge in [-0.1, -0.05) is 6.07 Å². The number of nitrogens with zero attached hydrogens (tertiary/aromatic N) is 2. The molecule has 10 nitrogen and oxygen atoms in total. The number of ether oxygens (including phenoxy) is 3. The van der Waals surface area contributed by atoms with Gasteiger partial charge >= 0.3 is 5.97 Å². The molecule has 10 heteroatoms. The standard InChI is InChI=1S/C20H21N3O7/c1-12(13-4-7-17-18(8-13)30-11-29-17)21-19(24)10-28-20(25)15-9-14(23(26)27)5-6-16(15)22(2)3/h4-9,12H,10-11H2,1-3H3,(H,21,24)/t12-/m1/s1. The molecular formula is C20H21N3O7. The third kappa shape index (κ3) is 4.59. The van der Waals surface area contributed by atoms with Crippen LogP contribution in [0.15, 0.2) is 36.4 Å². The summed E-state index contributed by atoms with van der Waals surface area (Å²) in [6, 6.07) is 8.85. The Bertz CT molecular complexity index is 990. The monoisotopic (exact) mass is 415 g/mol. The van der Waals surface area contributed by atoms with Crippen LogP contribution >= 0.6 is 0 Å². The minimum atomic E-state index is -0.826. The Kier molecular flexibility index (Phi) is 6.05. The summed E-state index contributed by atoms with van der Waals surface area (Å²) in [6.07, 6.45) is 0. The number of amides is 1. The zero-order chi connectivity index (χ0) is 21.8. The highest BCUT2D eigenvalue weighted by atomic mass is 16.7. The summed E-state index contributed by atoms with van der Waals surface area (Å²) >= 11 is 0. The first-order valence-electron chi connectivity index (χ1n) is 9.08. The smallest absolute Gasteiger partial charge is 0.341 e. The Hall–Kier alpha value is -3.82. The Labute approximate surface area is 172 Å². The van der Waals surface area contributed by atoms with Crippen LogP contribution < -0.4 is 19.7 Å². The third-order valence-corrected chi connectivity index (χ3v) is 4.50. The number of rotatable bonds is 7. The number of fused-ring (bicyclic) bond motifs is 1. The number of hydrogen-bond acceptors (Lipinski definition) is 8. The van der Waals surface area contributed by atoms with E-state index in [1.54, 1.807) is 44.1 Å². The van der Waals surface area contributed by atoms with Crippen molar-refractivity contribution >= 4 is 23.3 Å². The highest BCUT2D eigenvalue weighted by molar-refractivity contribution is 5.97. The Balaban J connectivity index is 1.62. The molecule has 1 aliphatic heterocycles. The zero-order valence-corrected chi connectivity index (χ0v) is 16.7. The molecule has 1 N–H and O–H groups in total. The Morgan fingerprint density at radius 2 is 1.93 bits per heavy atom. The number of carbonyl (C=O) groups is 2. The third-order valence-electron chi connectivity index (χ3n) is 4.50. The second kappa shape index (κ2) is 8.68. The number of hydrogen-bond donors (Lipinski definition) is 1. The highest BCUT2D eigenvalue weighted by Crippen LogP contribution is 2.34. The lowest BCUT2D eigenvalue weighted by atomic mass is 10.1. The quantitative estimate of drug-likeness (QED) is 0.416. The van der Waals surface area contributed by atoms with Crippen molar-refractivity contribution in [1.29, 1.82) is 0 Å². The van der Waals surface area contributed by atoms with Crippen molar-refractivity contribution in [3.8, 4) is 11.5 Å². The van der Waals surface area contributed by atoms with E-state index in [0.717, 1.165) is 11.6 Å². The lowest BCUT2D eigenvalue weighted by Gasteiger charge is -2.17. The van der Waals surface area contributed by atoms with Crippen LogP contribution in [0.2, 0.25) is 0 Å². The van der Waals surface area contributed by atoms with Gasteiger partial charge in [0.1, 0.15) is 0 Å². The first-order valence-corrected chi connectivity index (χ1v) is 9.08. The molecule has 1 heterocycles. The molecule has 0 bridgehead atoms. The van der Waals surface area contributed by atoms with Crippen molar-refractivity contribution in [3.63, 3.8) is 0 Å². The minimum Gasteiger partial charge on any atom is -0.454 e. The van der Waals surface area contributed by atoms with Gasteiger partial charge in [0.15, 0.2) is 18.1 Å². The number of non-ortho nitro benzene ring substituents is 1. The SMILES string of the molecule is C[C@@H](NC(=O)COC(=O)c1cc([N+](=O)[O-])ccc1N(C)C)c1ccc2c(c1)OCO2. The van der Waals surface area contributed by atoms with Gasteiger partial charge in [0, 0.05) is 26.2 Å². The minimum absolute atomic E-state index is 0.00539. The van der Waals surface area contributed by atoms with Crippen LogP contribution in [0, 0.1) is 10.1 Å². The maximum Gasteiger partial charge on any atom is 0.341 e. The average Bonchev–Trinajstić information content (AvgIpc) is 3.19. The van der Waals surface area contributed by atoms with Gasteiger partial charge in [-0.05, 0) is 30.7 Å². The summed E-state index contributed by atoms with van der Waals surface area (Å²) in [7, 11) is 3.38. The van der Waals surface area contributed by atoms with E-state index in [1.807, 2.05) is 0 Å². The number of esters is 1. The first-order chi connectivity index (χ1) is 14.3. The van der Waals surface area contributed by atoms with E-state index in [1.165, 1.54) is 12.1 Å². The van der Waals surface area contributed by atoms with E-state index in [4.69, 9.17) is 14.2 Å². The molecule has 0 saturated carbocycles. The molecule has 0 aliphatic carbocycles. The van der Waals surface area contributed by atoms with Gasteiger partial charge in [-0.15, -0.1) is 0 Å². The Morgan fingerprint density at radius 1 is 1.20 bits per heavy atom. The maximum atomic E-state index is 12.5. The molecule has 0 unspecified atom stereocenters. The lowest BCUT2D eigenvalue weighted by molar-refractivity contribution is -0.384. The van der Waals surface area contributed by atoms with Gasteiger partial charge in [-0.3, -0.25) is 14.9 Å². The van der Waals surface area contributed by atoms with Gasteiger partial charge in [-0.2, -0.15) is 0 Å². The van der Waals surface area contributed by atoms with Crippen molar-refractivity contribution in [2.75, 3.05) is 32.4 Å². The van der Waals surface area contributed by atoms with Gasteiger partial charge in [0.05, 0.1) is 22.2 Å². The maximum absolute atomic E-state index is 12.5. The fraction of sp³-hybridized carbons (Fsp3) is 0.300. The molecule has 0 fully saturated rings.